The number of hydrogen-bond acceptors (Lipinski definition) is 2. The van der Waals surface area contributed by atoms with Crippen molar-refractivity contribution >= 4 is 17.5 Å². The maximum Gasteiger partial charge on any atom is 0.281 e. The molecule has 0 aliphatic rings. The maximum absolute atomic E-state index is 12.4. The first kappa shape index (κ1) is 10.8. The number of aryl methyl sites for hydroxylation is 1. The molecule has 0 spiro atoms. The Morgan fingerprint density at radius 2 is 2.21 bits per heavy atom. The molecule has 1 rings (SSSR count). The summed E-state index contributed by atoms with van der Waals surface area (Å²) in [5.41, 5.74) is 4.39. The minimum absolute atomic E-state index is 0.0506. The number of nitrogens with two attached hydrogens (primary N) is 1. The molecule has 1 aromatic rings. The lowest BCUT2D eigenvalue weighted by molar-refractivity contribution is 0.0983. The van der Waals surface area contributed by atoms with Gasteiger partial charge in [0.1, 0.15) is 10.8 Å². The molecule has 76 valence electrons. The van der Waals surface area contributed by atoms with Crippen LogP contribution in [0.4, 0.5) is 8.78 Å². The third kappa shape index (κ3) is 1.98. The minimum Gasteiger partial charge on any atom is -0.366 e. The van der Waals surface area contributed by atoms with Gasteiger partial charge >= 0.3 is 0 Å². The van der Waals surface area contributed by atoms with Gasteiger partial charge in [0.2, 0.25) is 0 Å². The molecule has 0 radical (unpaired) electrons. The lowest BCUT2D eigenvalue weighted by Gasteiger charge is -2.06. The first-order valence-electron chi connectivity index (χ1n) is 3.68. The predicted molar refractivity (Wildman–Crippen MR) is 47.5 cm³/mol. The molecule has 0 aromatic carbocycles. The van der Waals surface area contributed by atoms with Gasteiger partial charge in [-0.1, -0.05) is 11.6 Å². The van der Waals surface area contributed by atoms with Crippen LogP contribution in [0.2, 0.25) is 5.15 Å². The van der Waals surface area contributed by atoms with Crippen molar-refractivity contribution in [3.63, 3.8) is 0 Å². The number of rotatable bonds is 2. The number of carbonyl (C=O) groups excluding carboxylic acids is 1. The predicted octanol–water partition coefficient (Wildman–Crippen LogP) is 2.08. The zero-order valence-electron chi connectivity index (χ0n) is 7.22. The van der Waals surface area contributed by atoms with E-state index in [9.17, 15) is 13.6 Å². The number of alkyl halides is 2. The minimum atomic E-state index is -2.87. The van der Waals surface area contributed by atoms with Crippen molar-refractivity contribution in [3.05, 3.63) is 28.0 Å². The van der Waals surface area contributed by atoms with Gasteiger partial charge in [0.25, 0.3) is 12.3 Å². The Balaban J connectivity index is 3.39. The summed E-state index contributed by atoms with van der Waals surface area (Å²) in [6.45, 7) is 1.55. The number of halogens is 3. The Bertz CT molecular complexity index is 382. The average molecular weight is 221 g/mol. The molecule has 14 heavy (non-hydrogen) atoms. The monoisotopic (exact) mass is 220 g/mol. The van der Waals surface area contributed by atoms with Gasteiger partial charge in [-0.15, -0.1) is 0 Å². The van der Waals surface area contributed by atoms with E-state index < -0.39 is 18.0 Å². The maximum atomic E-state index is 12.4. The summed E-state index contributed by atoms with van der Waals surface area (Å²) in [7, 11) is 0. The van der Waals surface area contributed by atoms with Crippen LogP contribution in [0, 0.1) is 6.92 Å². The van der Waals surface area contributed by atoms with Crippen molar-refractivity contribution in [1.82, 2.24) is 4.98 Å². The van der Waals surface area contributed by atoms with E-state index in [0.29, 0.717) is 5.56 Å². The van der Waals surface area contributed by atoms with Crippen LogP contribution in [0.1, 0.15) is 28.0 Å². The summed E-state index contributed by atoms with van der Waals surface area (Å²) in [4.78, 5) is 14.2. The highest BCUT2D eigenvalue weighted by Gasteiger charge is 2.19. The topological polar surface area (TPSA) is 56.0 Å². The largest absolute Gasteiger partial charge is 0.366 e. The van der Waals surface area contributed by atoms with Crippen LogP contribution in [0.3, 0.4) is 0 Å². The third-order valence-electron chi connectivity index (χ3n) is 1.65. The van der Waals surface area contributed by atoms with Crippen molar-refractivity contribution in [2.45, 2.75) is 13.3 Å². The first-order chi connectivity index (χ1) is 6.43. The van der Waals surface area contributed by atoms with Crippen LogP contribution in [0.25, 0.3) is 0 Å². The second-order valence-electron chi connectivity index (χ2n) is 2.69. The molecule has 0 aliphatic carbocycles. The summed E-state index contributed by atoms with van der Waals surface area (Å²) >= 11 is 5.54. The fourth-order valence-corrected chi connectivity index (χ4v) is 1.11. The van der Waals surface area contributed by atoms with Crippen molar-refractivity contribution in [1.29, 1.82) is 0 Å². The van der Waals surface area contributed by atoms with E-state index in [4.69, 9.17) is 17.3 Å². The van der Waals surface area contributed by atoms with E-state index in [1.54, 1.807) is 6.92 Å². The molecule has 0 saturated carbocycles. The standard InChI is InChI=1S/C8H7ClF2N2O/c1-3-2-4(8(12)14)5(7(10)11)13-6(3)9/h2,7H,1H3,(H2,12,14). The summed E-state index contributed by atoms with van der Waals surface area (Å²) in [6.07, 6.45) is -2.87. The highest BCUT2D eigenvalue weighted by Crippen LogP contribution is 2.24. The molecule has 0 bridgehead atoms. The molecule has 0 saturated heterocycles. The van der Waals surface area contributed by atoms with Gasteiger partial charge in [-0.25, -0.2) is 13.8 Å². The second kappa shape index (κ2) is 3.88. The van der Waals surface area contributed by atoms with E-state index in [1.807, 2.05) is 0 Å². The van der Waals surface area contributed by atoms with Gasteiger partial charge in [-0.05, 0) is 18.6 Å². The normalized spacial score (nSPS) is 10.6. The van der Waals surface area contributed by atoms with E-state index in [0.717, 1.165) is 0 Å². The Hall–Kier alpha value is -1.23. The van der Waals surface area contributed by atoms with Gasteiger partial charge in [0.15, 0.2) is 0 Å². The molecule has 1 heterocycles. The molecule has 0 fully saturated rings. The van der Waals surface area contributed by atoms with Crippen molar-refractivity contribution < 1.29 is 13.6 Å². The van der Waals surface area contributed by atoms with E-state index in [2.05, 4.69) is 4.98 Å². The number of primary amides is 1. The summed E-state index contributed by atoms with van der Waals surface area (Å²) < 4.78 is 24.7. The zero-order valence-corrected chi connectivity index (χ0v) is 7.98. The molecule has 2 N–H and O–H groups in total. The lowest BCUT2D eigenvalue weighted by atomic mass is 10.1. The van der Waals surface area contributed by atoms with Crippen LogP contribution in [0.15, 0.2) is 6.07 Å². The average Bonchev–Trinajstić information content (AvgIpc) is 2.08. The molecule has 3 nitrogen and oxygen atoms in total. The molecule has 6 heteroatoms. The van der Waals surface area contributed by atoms with Gasteiger partial charge in [0, 0.05) is 0 Å². The zero-order chi connectivity index (χ0) is 10.9. The Kier molecular flexibility index (Phi) is 3.00. The van der Waals surface area contributed by atoms with Crippen molar-refractivity contribution in [2.75, 3.05) is 0 Å². The smallest absolute Gasteiger partial charge is 0.281 e. The fourth-order valence-electron chi connectivity index (χ4n) is 0.968. The summed E-state index contributed by atoms with van der Waals surface area (Å²) in [6, 6.07) is 1.21. The Morgan fingerprint density at radius 3 is 2.64 bits per heavy atom. The summed E-state index contributed by atoms with van der Waals surface area (Å²) in [5, 5.41) is -0.0506. The molecule has 1 amide bonds. The number of aromatic nitrogens is 1. The fraction of sp³-hybridized carbons (Fsp3) is 0.250. The number of nitrogens with zero attached hydrogens (tertiary/aromatic N) is 1. The molecular weight excluding hydrogens is 214 g/mol. The molecular formula is C8H7ClF2N2O. The highest BCUT2D eigenvalue weighted by atomic mass is 35.5. The van der Waals surface area contributed by atoms with E-state index >= 15 is 0 Å². The van der Waals surface area contributed by atoms with Crippen LogP contribution >= 0.6 is 11.6 Å². The third-order valence-corrected chi connectivity index (χ3v) is 2.04. The van der Waals surface area contributed by atoms with E-state index in [-0.39, 0.29) is 10.7 Å². The lowest BCUT2D eigenvalue weighted by Crippen LogP contribution is -2.15. The van der Waals surface area contributed by atoms with E-state index in [1.165, 1.54) is 6.07 Å². The first-order valence-corrected chi connectivity index (χ1v) is 4.06. The van der Waals surface area contributed by atoms with Crippen molar-refractivity contribution in [2.24, 2.45) is 5.73 Å². The van der Waals surface area contributed by atoms with Crippen molar-refractivity contribution in [3.8, 4) is 0 Å². The Morgan fingerprint density at radius 1 is 1.64 bits per heavy atom. The molecule has 0 aliphatic heterocycles. The van der Waals surface area contributed by atoms with Gasteiger partial charge < -0.3 is 5.73 Å². The Labute approximate surface area is 83.9 Å². The number of hydrogen-bond donors (Lipinski definition) is 1. The number of pyridine rings is 1. The SMILES string of the molecule is Cc1cc(C(N)=O)c(C(F)F)nc1Cl. The van der Waals surface area contributed by atoms with Gasteiger partial charge in [-0.2, -0.15) is 0 Å². The molecule has 0 atom stereocenters. The molecule has 1 aromatic heterocycles. The van der Waals surface area contributed by atoms with Crippen LogP contribution in [-0.4, -0.2) is 10.9 Å². The molecule has 0 unspecified atom stereocenters. The number of carbonyl (C=O) groups is 1. The van der Waals surface area contributed by atoms with Crippen LogP contribution < -0.4 is 5.73 Å². The number of amides is 1. The van der Waals surface area contributed by atoms with Gasteiger partial charge in [0.05, 0.1) is 5.56 Å². The summed E-state index contributed by atoms with van der Waals surface area (Å²) in [5.74, 6) is -0.937. The highest BCUT2D eigenvalue weighted by molar-refractivity contribution is 6.30. The van der Waals surface area contributed by atoms with Crippen LogP contribution in [-0.2, 0) is 0 Å². The second-order valence-corrected chi connectivity index (χ2v) is 3.05. The quantitative estimate of drug-likeness (QED) is 0.776. The van der Waals surface area contributed by atoms with Gasteiger partial charge in [-0.3, -0.25) is 4.79 Å². The van der Waals surface area contributed by atoms with Crippen LogP contribution in [0.5, 0.6) is 0 Å².